The van der Waals surface area contributed by atoms with Crippen molar-refractivity contribution in [3.63, 3.8) is 0 Å². The minimum absolute atomic E-state index is 0.0201. The molecular formula is C21H24N4OS. The van der Waals surface area contributed by atoms with E-state index in [9.17, 15) is 4.79 Å². The molecular weight excluding hydrogens is 356 g/mol. The number of carbonyl (C=O) groups excluding carboxylic acids is 1. The fraction of sp³-hybridized carbons (Fsp3) is 0.286. The molecule has 1 aromatic heterocycles. The lowest BCUT2D eigenvalue weighted by Crippen LogP contribution is -2.25. The van der Waals surface area contributed by atoms with Crippen LogP contribution >= 0.6 is 11.8 Å². The van der Waals surface area contributed by atoms with E-state index in [-0.39, 0.29) is 17.2 Å². The number of hydrogen-bond donors (Lipinski definition) is 1. The molecule has 1 atom stereocenters. The van der Waals surface area contributed by atoms with Crippen LogP contribution in [0.5, 0.6) is 0 Å². The fourth-order valence-corrected chi connectivity index (χ4v) is 3.89. The largest absolute Gasteiger partial charge is 0.325 e. The second-order valence-corrected chi connectivity index (χ2v) is 7.68. The molecule has 0 saturated carbocycles. The number of benzene rings is 2. The van der Waals surface area contributed by atoms with Gasteiger partial charge in [-0.3, -0.25) is 9.36 Å². The van der Waals surface area contributed by atoms with Gasteiger partial charge in [0.25, 0.3) is 0 Å². The Morgan fingerprint density at radius 1 is 1.04 bits per heavy atom. The molecule has 0 aliphatic heterocycles. The van der Waals surface area contributed by atoms with E-state index in [4.69, 9.17) is 0 Å². The molecule has 0 radical (unpaired) electrons. The third-order valence-corrected chi connectivity index (χ3v) is 5.49. The predicted octanol–water partition coefficient (Wildman–Crippen LogP) is 5.04. The van der Waals surface area contributed by atoms with Crippen molar-refractivity contribution < 1.29 is 4.79 Å². The van der Waals surface area contributed by atoms with E-state index in [2.05, 4.69) is 33.9 Å². The zero-order valence-electron chi connectivity index (χ0n) is 15.8. The van der Waals surface area contributed by atoms with Gasteiger partial charge in [-0.05, 0) is 32.4 Å². The number of thioether (sulfide) groups is 1. The zero-order chi connectivity index (χ0) is 19.2. The van der Waals surface area contributed by atoms with Crippen molar-refractivity contribution in [3.8, 4) is 11.4 Å². The molecule has 0 saturated heterocycles. The summed E-state index contributed by atoms with van der Waals surface area (Å²) in [6.07, 6.45) is 0.703. The second kappa shape index (κ2) is 8.86. The van der Waals surface area contributed by atoms with Crippen LogP contribution in [0.1, 0.15) is 33.2 Å². The maximum Gasteiger partial charge on any atom is 0.237 e. The average Bonchev–Trinajstić information content (AvgIpc) is 3.11. The van der Waals surface area contributed by atoms with E-state index in [0.29, 0.717) is 6.42 Å². The van der Waals surface area contributed by atoms with Gasteiger partial charge in [0.2, 0.25) is 5.91 Å². The molecule has 2 aromatic carbocycles. The van der Waals surface area contributed by atoms with E-state index in [0.717, 1.165) is 22.2 Å². The van der Waals surface area contributed by atoms with Crippen LogP contribution in [0.25, 0.3) is 11.4 Å². The average molecular weight is 381 g/mol. The standard InChI is InChI=1S/C21H24N4OS/c1-4-18(20(26)22-17-13-9-6-10-14-17)27-21-24-23-19(25(21)15(2)3)16-11-7-5-8-12-16/h5-15,18H,4H2,1-3H3,(H,22,26)/t18-/m1/s1. The van der Waals surface area contributed by atoms with Crippen LogP contribution in [0.4, 0.5) is 5.69 Å². The Kier molecular flexibility index (Phi) is 6.29. The van der Waals surface area contributed by atoms with E-state index < -0.39 is 0 Å². The van der Waals surface area contributed by atoms with Crippen molar-refractivity contribution in [2.24, 2.45) is 0 Å². The highest BCUT2D eigenvalue weighted by Gasteiger charge is 2.24. The van der Waals surface area contributed by atoms with Crippen molar-refractivity contribution in [3.05, 3.63) is 60.7 Å². The highest BCUT2D eigenvalue weighted by molar-refractivity contribution is 8.00. The quantitative estimate of drug-likeness (QED) is 0.584. The number of aromatic nitrogens is 3. The molecule has 0 spiro atoms. The first kappa shape index (κ1) is 19.2. The minimum Gasteiger partial charge on any atom is -0.325 e. The first-order valence-electron chi connectivity index (χ1n) is 9.13. The number of nitrogens with one attached hydrogen (secondary N) is 1. The zero-order valence-corrected chi connectivity index (χ0v) is 16.6. The van der Waals surface area contributed by atoms with E-state index in [1.165, 1.54) is 11.8 Å². The molecule has 6 heteroatoms. The summed E-state index contributed by atoms with van der Waals surface area (Å²) in [6, 6.07) is 19.7. The van der Waals surface area contributed by atoms with Gasteiger partial charge in [0, 0.05) is 17.3 Å². The first-order chi connectivity index (χ1) is 13.1. The van der Waals surface area contributed by atoms with Gasteiger partial charge in [-0.15, -0.1) is 10.2 Å². The first-order valence-corrected chi connectivity index (χ1v) is 10.0. The van der Waals surface area contributed by atoms with Gasteiger partial charge in [0.05, 0.1) is 5.25 Å². The van der Waals surface area contributed by atoms with Gasteiger partial charge >= 0.3 is 0 Å². The van der Waals surface area contributed by atoms with E-state index >= 15 is 0 Å². The maximum atomic E-state index is 12.7. The number of hydrogen-bond acceptors (Lipinski definition) is 4. The summed E-state index contributed by atoms with van der Waals surface area (Å²) in [5, 5.41) is 12.3. The Balaban J connectivity index is 1.83. The van der Waals surface area contributed by atoms with E-state index in [1.54, 1.807) is 0 Å². The number of carbonyl (C=O) groups is 1. The summed E-state index contributed by atoms with van der Waals surface area (Å²) in [4.78, 5) is 12.7. The predicted molar refractivity (Wildman–Crippen MR) is 111 cm³/mol. The van der Waals surface area contributed by atoms with Crippen LogP contribution in [0.15, 0.2) is 65.8 Å². The van der Waals surface area contributed by atoms with E-state index in [1.807, 2.05) is 67.6 Å². The molecule has 0 aliphatic rings. The van der Waals surface area contributed by atoms with Crippen molar-refractivity contribution in [1.82, 2.24) is 14.8 Å². The highest BCUT2D eigenvalue weighted by atomic mass is 32.2. The van der Waals surface area contributed by atoms with Gasteiger partial charge in [0.1, 0.15) is 0 Å². The second-order valence-electron chi connectivity index (χ2n) is 6.51. The Labute approximate surface area is 164 Å². The maximum absolute atomic E-state index is 12.7. The molecule has 1 amide bonds. The van der Waals surface area contributed by atoms with Gasteiger partial charge < -0.3 is 5.32 Å². The molecule has 0 unspecified atom stereocenters. The van der Waals surface area contributed by atoms with Crippen LogP contribution in [-0.2, 0) is 4.79 Å². The van der Waals surface area contributed by atoms with Gasteiger partial charge in [0.15, 0.2) is 11.0 Å². The van der Waals surface area contributed by atoms with Crippen LogP contribution < -0.4 is 5.32 Å². The third-order valence-electron chi connectivity index (χ3n) is 4.17. The van der Waals surface area contributed by atoms with Gasteiger partial charge in [-0.25, -0.2) is 0 Å². The summed E-state index contributed by atoms with van der Waals surface area (Å²) in [6.45, 7) is 6.21. The van der Waals surface area contributed by atoms with Crippen LogP contribution in [0.3, 0.4) is 0 Å². The number of anilines is 1. The smallest absolute Gasteiger partial charge is 0.237 e. The number of rotatable bonds is 7. The molecule has 140 valence electrons. The summed E-state index contributed by atoms with van der Waals surface area (Å²) >= 11 is 1.46. The summed E-state index contributed by atoms with van der Waals surface area (Å²) in [5.41, 5.74) is 1.82. The highest BCUT2D eigenvalue weighted by Crippen LogP contribution is 2.31. The van der Waals surface area contributed by atoms with Crippen LogP contribution in [-0.4, -0.2) is 25.9 Å². The number of para-hydroxylation sites is 1. The molecule has 1 N–H and O–H groups in total. The minimum atomic E-state index is -0.240. The topological polar surface area (TPSA) is 59.8 Å². The molecule has 5 nitrogen and oxygen atoms in total. The fourth-order valence-electron chi connectivity index (χ4n) is 2.80. The molecule has 1 heterocycles. The summed E-state index contributed by atoms with van der Waals surface area (Å²) in [7, 11) is 0. The Bertz CT molecular complexity index is 878. The van der Waals surface area contributed by atoms with Crippen molar-refractivity contribution in [1.29, 1.82) is 0 Å². The molecule has 0 fully saturated rings. The molecule has 0 bridgehead atoms. The molecule has 3 aromatic rings. The summed E-state index contributed by atoms with van der Waals surface area (Å²) in [5.74, 6) is 0.805. The molecule has 27 heavy (non-hydrogen) atoms. The number of nitrogens with zero attached hydrogens (tertiary/aromatic N) is 3. The monoisotopic (exact) mass is 380 g/mol. The Hall–Kier alpha value is -2.60. The van der Waals surface area contributed by atoms with Crippen LogP contribution in [0.2, 0.25) is 0 Å². The third kappa shape index (κ3) is 4.57. The lowest BCUT2D eigenvalue weighted by molar-refractivity contribution is -0.115. The van der Waals surface area contributed by atoms with Gasteiger partial charge in [-0.2, -0.15) is 0 Å². The van der Waals surface area contributed by atoms with Crippen molar-refractivity contribution in [2.45, 2.75) is 43.6 Å². The van der Waals surface area contributed by atoms with Crippen molar-refractivity contribution in [2.75, 3.05) is 5.32 Å². The normalized spacial score (nSPS) is 12.1. The Morgan fingerprint density at radius 3 is 2.26 bits per heavy atom. The Morgan fingerprint density at radius 2 is 1.67 bits per heavy atom. The lowest BCUT2D eigenvalue weighted by Gasteiger charge is -2.17. The SMILES string of the molecule is CC[C@@H](Sc1nnc(-c2ccccc2)n1C(C)C)C(=O)Nc1ccccc1. The molecule has 0 aliphatic carbocycles. The van der Waals surface area contributed by atoms with Gasteiger partial charge in [-0.1, -0.05) is 67.2 Å². The van der Waals surface area contributed by atoms with Crippen LogP contribution in [0, 0.1) is 0 Å². The summed E-state index contributed by atoms with van der Waals surface area (Å²) < 4.78 is 2.10. The number of amides is 1. The molecule has 3 rings (SSSR count). The lowest BCUT2D eigenvalue weighted by atomic mass is 10.2. The van der Waals surface area contributed by atoms with Crippen molar-refractivity contribution >= 4 is 23.4 Å².